The molecule has 0 atom stereocenters. The molecule has 2 aromatic carbocycles. The molecular formula is C25H27N3O3. The highest BCUT2D eigenvalue weighted by Gasteiger charge is 2.28. The van der Waals surface area contributed by atoms with Gasteiger partial charge in [0, 0.05) is 17.1 Å². The third kappa shape index (κ3) is 4.09. The zero-order chi connectivity index (χ0) is 21.8. The average Bonchev–Trinajstić information content (AvgIpc) is 3.05. The molecule has 1 heterocycles. The Labute approximate surface area is 182 Å². The average molecular weight is 418 g/mol. The van der Waals surface area contributed by atoms with Crippen LogP contribution >= 0.6 is 0 Å². The van der Waals surface area contributed by atoms with Gasteiger partial charge in [-0.1, -0.05) is 19.1 Å². The highest BCUT2D eigenvalue weighted by Crippen LogP contribution is 2.43. The molecule has 0 radical (unpaired) electrons. The molecule has 1 aromatic heterocycles. The van der Waals surface area contributed by atoms with Crippen molar-refractivity contribution < 1.29 is 14.3 Å². The second-order valence-corrected chi connectivity index (χ2v) is 7.74. The molecular weight excluding hydrogens is 390 g/mol. The second-order valence-electron chi connectivity index (χ2n) is 7.74. The van der Waals surface area contributed by atoms with Crippen molar-refractivity contribution in [2.75, 3.05) is 18.5 Å². The van der Waals surface area contributed by atoms with E-state index in [1.807, 2.05) is 50.2 Å². The molecule has 3 aromatic rings. The summed E-state index contributed by atoms with van der Waals surface area (Å²) in [5.41, 5.74) is 4.26. The van der Waals surface area contributed by atoms with Crippen molar-refractivity contribution in [1.82, 2.24) is 4.57 Å². The van der Waals surface area contributed by atoms with Crippen LogP contribution < -0.4 is 10.1 Å². The van der Waals surface area contributed by atoms with Crippen molar-refractivity contribution in [2.24, 2.45) is 0 Å². The van der Waals surface area contributed by atoms with E-state index in [1.54, 1.807) is 0 Å². The number of nitrogens with one attached hydrogen (secondary N) is 1. The third-order valence-electron chi connectivity index (χ3n) is 5.68. The number of nitrogens with zero attached hydrogens (tertiary/aromatic N) is 2. The molecule has 31 heavy (non-hydrogen) atoms. The summed E-state index contributed by atoms with van der Waals surface area (Å²) in [4.78, 5) is 11.8. The first kappa shape index (κ1) is 20.8. The summed E-state index contributed by atoms with van der Waals surface area (Å²) in [5, 5.41) is 13.7. The van der Waals surface area contributed by atoms with Crippen molar-refractivity contribution in [3.63, 3.8) is 0 Å². The fourth-order valence-corrected chi connectivity index (χ4v) is 4.03. The third-order valence-corrected chi connectivity index (χ3v) is 5.68. The first-order chi connectivity index (χ1) is 15.2. The molecule has 1 amide bonds. The molecule has 1 aliphatic rings. The monoisotopic (exact) mass is 417 g/mol. The summed E-state index contributed by atoms with van der Waals surface area (Å²) in [7, 11) is 0. The van der Waals surface area contributed by atoms with Crippen LogP contribution in [0.1, 0.15) is 51.1 Å². The van der Waals surface area contributed by atoms with Gasteiger partial charge in [-0.15, -0.1) is 0 Å². The molecule has 1 N–H and O–H groups in total. The highest BCUT2D eigenvalue weighted by atomic mass is 16.5. The Hall–Kier alpha value is -3.46. The van der Waals surface area contributed by atoms with Gasteiger partial charge in [0.1, 0.15) is 11.8 Å². The molecule has 0 saturated heterocycles. The Balaban J connectivity index is 1.75. The lowest BCUT2D eigenvalue weighted by molar-refractivity contribution is 0.161. The molecule has 0 spiro atoms. The van der Waals surface area contributed by atoms with Gasteiger partial charge in [-0.3, -0.25) is 5.32 Å². The summed E-state index contributed by atoms with van der Waals surface area (Å²) < 4.78 is 13.1. The van der Waals surface area contributed by atoms with Crippen molar-refractivity contribution in [2.45, 2.75) is 45.6 Å². The summed E-state index contributed by atoms with van der Waals surface area (Å²) in [6.45, 7) is 4.88. The number of amides is 1. The Morgan fingerprint density at radius 1 is 1.19 bits per heavy atom. The quantitative estimate of drug-likeness (QED) is 0.492. The van der Waals surface area contributed by atoms with Crippen LogP contribution in [-0.4, -0.2) is 23.9 Å². The number of hydrogen-bond donors (Lipinski definition) is 1. The fourth-order valence-electron chi connectivity index (χ4n) is 4.03. The normalized spacial score (nSPS) is 13.5. The number of fused-ring (bicyclic) bond motifs is 1. The van der Waals surface area contributed by atoms with Gasteiger partial charge in [0.25, 0.3) is 0 Å². The van der Waals surface area contributed by atoms with Gasteiger partial charge in [-0.05, 0) is 68.5 Å². The number of rotatable bonds is 7. The number of ether oxygens (including phenoxy) is 2. The van der Waals surface area contributed by atoms with Crippen LogP contribution in [0.15, 0.2) is 42.5 Å². The fraction of sp³-hybridized carbons (Fsp3) is 0.360. The Kier molecular flexibility index (Phi) is 6.13. The summed E-state index contributed by atoms with van der Waals surface area (Å²) in [6.07, 6.45) is 3.74. The van der Waals surface area contributed by atoms with E-state index in [0.29, 0.717) is 30.5 Å². The van der Waals surface area contributed by atoms with E-state index in [-0.39, 0.29) is 0 Å². The number of carbonyl (C=O) groups excluding carboxylic acids is 1. The minimum absolute atomic E-state index is 0.388. The minimum atomic E-state index is -0.459. The summed E-state index contributed by atoms with van der Waals surface area (Å²) in [5.74, 6) is 0.772. The predicted molar refractivity (Wildman–Crippen MR) is 121 cm³/mol. The van der Waals surface area contributed by atoms with Gasteiger partial charge in [0.15, 0.2) is 0 Å². The van der Waals surface area contributed by atoms with Gasteiger partial charge in [-0.2, -0.15) is 5.26 Å². The van der Waals surface area contributed by atoms with Crippen LogP contribution in [0.2, 0.25) is 0 Å². The van der Waals surface area contributed by atoms with Gasteiger partial charge >= 0.3 is 6.09 Å². The molecule has 1 fully saturated rings. The first-order valence-corrected chi connectivity index (χ1v) is 10.9. The standard InChI is InChI=1S/C25H27N3O3/c1-3-14-31-25(29)27-18-10-8-17(9-11-18)24-22(16-26)21-15-20(30-4-2)12-13-23(21)28(24)19-6-5-7-19/h8-13,15,19H,3-7,14H2,1-2H3,(H,27,29). The molecule has 0 unspecified atom stereocenters. The molecule has 0 aliphatic heterocycles. The van der Waals surface area contributed by atoms with E-state index in [4.69, 9.17) is 9.47 Å². The number of benzene rings is 2. The molecule has 0 bridgehead atoms. The largest absolute Gasteiger partial charge is 0.494 e. The summed E-state index contributed by atoms with van der Waals surface area (Å²) in [6, 6.07) is 16.4. The maximum atomic E-state index is 11.8. The summed E-state index contributed by atoms with van der Waals surface area (Å²) >= 11 is 0. The van der Waals surface area contributed by atoms with E-state index >= 15 is 0 Å². The Bertz CT molecular complexity index is 1120. The lowest BCUT2D eigenvalue weighted by Crippen LogP contribution is -2.18. The smallest absolute Gasteiger partial charge is 0.411 e. The van der Waals surface area contributed by atoms with Crippen LogP contribution in [0.3, 0.4) is 0 Å². The van der Waals surface area contributed by atoms with E-state index in [1.165, 1.54) is 6.42 Å². The van der Waals surface area contributed by atoms with Gasteiger partial charge in [-0.25, -0.2) is 4.79 Å². The van der Waals surface area contributed by atoms with E-state index in [0.717, 1.165) is 47.2 Å². The molecule has 1 saturated carbocycles. The van der Waals surface area contributed by atoms with Crippen LogP contribution in [0.5, 0.6) is 5.75 Å². The zero-order valence-electron chi connectivity index (χ0n) is 18.0. The first-order valence-electron chi connectivity index (χ1n) is 10.9. The maximum absolute atomic E-state index is 11.8. The number of hydrogen-bond acceptors (Lipinski definition) is 4. The SMILES string of the molecule is CCCOC(=O)Nc1ccc(-c2c(C#N)c3cc(OCC)ccc3n2C2CCC2)cc1. The van der Waals surface area contributed by atoms with Crippen LogP contribution in [0.25, 0.3) is 22.2 Å². The maximum Gasteiger partial charge on any atom is 0.411 e. The van der Waals surface area contributed by atoms with E-state index in [9.17, 15) is 10.1 Å². The second kappa shape index (κ2) is 9.13. The topological polar surface area (TPSA) is 76.3 Å². The Morgan fingerprint density at radius 2 is 1.97 bits per heavy atom. The van der Waals surface area contributed by atoms with Crippen LogP contribution in [0, 0.1) is 11.3 Å². The molecule has 160 valence electrons. The van der Waals surface area contributed by atoms with Crippen LogP contribution in [0.4, 0.5) is 10.5 Å². The Morgan fingerprint density at radius 3 is 2.58 bits per heavy atom. The van der Waals surface area contributed by atoms with Crippen LogP contribution in [-0.2, 0) is 4.74 Å². The van der Waals surface area contributed by atoms with Crippen molar-refractivity contribution in [1.29, 1.82) is 5.26 Å². The predicted octanol–water partition coefficient (Wildman–Crippen LogP) is 6.26. The lowest BCUT2D eigenvalue weighted by atomic mass is 9.92. The molecule has 1 aliphatic carbocycles. The molecule has 6 nitrogen and oxygen atoms in total. The zero-order valence-corrected chi connectivity index (χ0v) is 18.0. The number of nitriles is 1. The molecule has 4 rings (SSSR count). The van der Waals surface area contributed by atoms with Crippen molar-refractivity contribution >= 4 is 22.7 Å². The van der Waals surface area contributed by atoms with Gasteiger partial charge in [0.05, 0.1) is 30.0 Å². The number of aromatic nitrogens is 1. The van der Waals surface area contributed by atoms with Gasteiger partial charge in [0.2, 0.25) is 0 Å². The number of anilines is 1. The van der Waals surface area contributed by atoms with Crippen molar-refractivity contribution in [3.05, 3.63) is 48.0 Å². The minimum Gasteiger partial charge on any atom is -0.494 e. The van der Waals surface area contributed by atoms with Crippen molar-refractivity contribution in [3.8, 4) is 23.1 Å². The lowest BCUT2D eigenvalue weighted by Gasteiger charge is -2.30. The van der Waals surface area contributed by atoms with Gasteiger partial charge < -0.3 is 14.0 Å². The van der Waals surface area contributed by atoms with E-state index in [2.05, 4.69) is 22.0 Å². The highest BCUT2D eigenvalue weighted by molar-refractivity contribution is 5.96. The molecule has 6 heteroatoms. The number of carbonyl (C=O) groups is 1. The van der Waals surface area contributed by atoms with E-state index < -0.39 is 6.09 Å².